The molecule has 6 heteroatoms. The molecule has 5 nitrogen and oxygen atoms in total. The van der Waals surface area contributed by atoms with E-state index in [0.717, 1.165) is 56.8 Å². The van der Waals surface area contributed by atoms with Crippen LogP contribution in [-0.4, -0.2) is 43.8 Å². The zero-order valence-corrected chi connectivity index (χ0v) is 16.1. The van der Waals surface area contributed by atoms with Crippen molar-refractivity contribution in [1.29, 1.82) is 0 Å². The Bertz CT molecular complexity index is 763. The number of morpholine rings is 1. The summed E-state index contributed by atoms with van der Waals surface area (Å²) in [6.45, 7) is 5.35. The van der Waals surface area contributed by atoms with Crippen molar-refractivity contribution >= 4 is 6.03 Å². The van der Waals surface area contributed by atoms with E-state index in [1.807, 2.05) is 18.2 Å². The van der Waals surface area contributed by atoms with Crippen LogP contribution in [0.3, 0.4) is 0 Å². The summed E-state index contributed by atoms with van der Waals surface area (Å²) in [6, 6.07) is 14.6. The number of ether oxygens (including phenoxy) is 1. The molecule has 0 unspecified atom stereocenters. The first-order valence-corrected chi connectivity index (χ1v) is 9.84. The van der Waals surface area contributed by atoms with Crippen molar-refractivity contribution in [2.75, 3.05) is 32.8 Å². The van der Waals surface area contributed by atoms with Crippen molar-refractivity contribution in [2.45, 2.75) is 25.9 Å². The van der Waals surface area contributed by atoms with Gasteiger partial charge in [0.25, 0.3) is 0 Å². The highest BCUT2D eigenvalue weighted by Crippen LogP contribution is 2.13. The molecule has 2 amide bonds. The highest BCUT2D eigenvalue weighted by Gasteiger charge is 2.13. The Morgan fingerprint density at radius 1 is 1.04 bits per heavy atom. The van der Waals surface area contributed by atoms with Gasteiger partial charge in [-0.2, -0.15) is 0 Å². The standard InChI is InChI=1S/C22H28FN3O2/c23-21-9-3-5-18(15-21)6-4-10-24-22(27)25-16-19-7-1-2-8-20(19)17-26-11-13-28-14-12-26/h1-3,5,7-9,15H,4,6,10-14,16-17H2,(H2,24,25,27). The quantitative estimate of drug-likeness (QED) is 0.687. The topological polar surface area (TPSA) is 53.6 Å². The Balaban J connectivity index is 1.39. The number of carbonyl (C=O) groups is 1. The van der Waals surface area contributed by atoms with E-state index >= 15 is 0 Å². The number of rotatable bonds is 8. The van der Waals surface area contributed by atoms with Crippen LogP contribution in [0.5, 0.6) is 0 Å². The molecule has 1 saturated heterocycles. The first-order chi connectivity index (χ1) is 13.7. The van der Waals surface area contributed by atoms with Crippen molar-refractivity contribution in [2.24, 2.45) is 0 Å². The Kier molecular flexibility index (Phi) is 7.82. The lowest BCUT2D eigenvalue weighted by Gasteiger charge is -2.27. The molecule has 2 N–H and O–H groups in total. The van der Waals surface area contributed by atoms with Gasteiger partial charge in [-0.3, -0.25) is 4.90 Å². The number of benzene rings is 2. The third-order valence-electron chi connectivity index (χ3n) is 4.87. The van der Waals surface area contributed by atoms with Gasteiger partial charge in [0, 0.05) is 32.7 Å². The smallest absolute Gasteiger partial charge is 0.315 e. The second kappa shape index (κ2) is 10.8. The van der Waals surface area contributed by atoms with Crippen LogP contribution in [0, 0.1) is 5.82 Å². The van der Waals surface area contributed by atoms with E-state index in [9.17, 15) is 9.18 Å². The van der Waals surface area contributed by atoms with Gasteiger partial charge in [0.2, 0.25) is 0 Å². The van der Waals surface area contributed by atoms with Gasteiger partial charge < -0.3 is 15.4 Å². The van der Waals surface area contributed by atoms with Crippen LogP contribution in [0.15, 0.2) is 48.5 Å². The van der Waals surface area contributed by atoms with Gasteiger partial charge in [0.1, 0.15) is 5.82 Å². The number of hydrogen-bond donors (Lipinski definition) is 2. The number of nitrogens with one attached hydrogen (secondary N) is 2. The van der Waals surface area contributed by atoms with Crippen LogP contribution < -0.4 is 10.6 Å². The number of urea groups is 1. The summed E-state index contributed by atoms with van der Waals surface area (Å²) < 4.78 is 18.6. The molecule has 150 valence electrons. The van der Waals surface area contributed by atoms with Crippen LogP contribution in [-0.2, 0) is 24.2 Å². The lowest BCUT2D eigenvalue weighted by molar-refractivity contribution is 0.0341. The van der Waals surface area contributed by atoms with Gasteiger partial charge >= 0.3 is 6.03 Å². The molecule has 0 spiro atoms. The minimum atomic E-state index is -0.223. The van der Waals surface area contributed by atoms with E-state index in [0.29, 0.717) is 13.1 Å². The van der Waals surface area contributed by atoms with Crippen LogP contribution >= 0.6 is 0 Å². The molecule has 0 aliphatic carbocycles. The molecule has 1 heterocycles. The summed E-state index contributed by atoms with van der Waals surface area (Å²) in [7, 11) is 0. The number of hydrogen-bond acceptors (Lipinski definition) is 3. The van der Waals surface area contributed by atoms with Gasteiger partial charge in [-0.05, 0) is 41.7 Å². The van der Waals surface area contributed by atoms with Crippen molar-refractivity contribution < 1.29 is 13.9 Å². The molecule has 28 heavy (non-hydrogen) atoms. The molecule has 1 aliphatic rings. The van der Waals surface area contributed by atoms with Gasteiger partial charge in [-0.25, -0.2) is 9.18 Å². The van der Waals surface area contributed by atoms with E-state index in [2.05, 4.69) is 27.7 Å². The van der Waals surface area contributed by atoms with E-state index in [1.54, 1.807) is 6.07 Å². The van der Waals surface area contributed by atoms with Crippen LogP contribution in [0.25, 0.3) is 0 Å². The number of carbonyl (C=O) groups excluding carboxylic acids is 1. The molecule has 0 atom stereocenters. The zero-order valence-electron chi connectivity index (χ0n) is 16.1. The molecule has 0 bridgehead atoms. The fourth-order valence-electron chi connectivity index (χ4n) is 3.31. The molecule has 1 fully saturated rings. The lowest BCUT2D eigenvalue weighted by Crippen LogP contribution is -2.37. The Hall–Kier alpha value is -2.44. The van der Waals surface area contributed by atoms with Crippen LogP contribution in [0.1, 0.15) is 23.1 Å². The van der Waals surface area contributed by atoms with Crippen molar-refractivity contribution in [1.82, 2.24) is 15.5 Å². The van der Waals surface area contributed by atoms with E-state index < -0.39 is 0 Å². The van der Waals surface area contributed by atoms with Crippen LogP contribution in [0.4, 0.5) is 9.18 Å². The average Bonchev–Trinajstić information content (AvgIpc) is 2.71. The molecular weight excluding hydrogens is 357 g/mol. The SMILES string of the molecule is O=C(NCCCc1cccc(F)c1)NCc1ccccc1CN1CCOCC1. The normalized spacial score (nSPS) is 14.6. The largest absolute Gasteiger partial charge is 0.379 e. The minimum Gasteiger partial charge on any atom is -0.379 e. The molecule has 0 saturated carbocycles. The summed E-state index contributed by atoms with van der Waals surface area (Å²) in [4.78, 5) is 14.4. The van der Waals surface area contributed by atoms with Crippen LogP contribution in [0.2, 0.25) is 0 Å². The van der Waals surface area contributed by atoms with E-state index in [1.165, 1.54) is 17.7 Å². The highest BCUT2D eigenvalue weighted by molar-refractivity contribution is 5.73. The zero-order chi connectivity index (χ0) is 19.6. The van der Waals surface area contributed by atoms with Crippen molar-refractivity contribution in [3.05, 3.63) is 71.0 Å². The molecular formula is C22H28FN3O2. The Morgan fingerprint density at radius 2 is 1.82 bits per heavy atom. The predicted molar refractivity (Wildman–Crippen MR) is 107 cm³/mol. The third kappa shape index (κ3) is 6.62. The number of aryl methyl sites for hydroxylation is 1. The molecule has 0 aromatic heterocycles. The molecule has 2 aromatic rings. The van der Waals surface area contributed by atoms with Gasteiger partial charge in [-0.1, -0.05) is 36.4 Å². The first-order valence-electron chi connectivity index (χ1n) is 9.84. The monoisotopic (exact) mass is 385 g/mol. The summed E-state index contributed by atoms with van der Waals surface area (Å²) in [5, 5.41) is 5.80. The van der Waals surface area contributed by atoms with Gasteiger partial charge in [0.05, 0.1) is 13.2 Å². The predicted octanol–water partition coefficient (Wildman–Crippen LogP) is 3.09. The molecule has 0 radical (unpaired) electrons. The fraction of sp³-hybridized carbons (Fsp3) is 0.409. The average molecular weight is 385 g/mol. The second-order valence-corrected chi connectivity index (χ2v) is 7.00. The summed E-state index contributed by atoms with van der Waals surface area (Å²) in [5.41, 5.74) is 3.30. The summed E-state index contributed by atoms with van der Waals surface area (Å²) >= 11 is 0. The van der Waals surface area contributed by atoms with Crippen molar-refractivity contribution in [3.8, 4) is 0 Å². The first kappa shape index (κ1) is 20.3. The maximum atomic E-state index is 13.2. The number of amides is 2. The fourth-order valence-corrected chi connectivity index (χ4v) is 3.31. The number of nitrogens with zero attached hydrogens (tertiary/aromatic N) is 1. The summed E-state index contributed by atoms with van der Waals surface area (Å²) in [6.07, 6.45) is 1.50. The molecule has 3 rings (SSSR count). The van der Waals surface area contributed by atoms with E-state index in [4.69, 9.17) is 4.74 Å². The second-order valence-electron chi connectivity index (χ2n) is 7.00. The lowest BCUT2D eigenvalue weighted by atomic mass is 10.1. The van der Waals surface area contributed by atoms with E-state index in [-0.39, 0.29) is 11.8 Å². The highest BCUT2D eigenvalue weighted by atomic mass is 19.1. The maximum Gasteiger partial charge on any atom is 0.315 e. The Labute approximate surface area is 165 Å². The molecule has 1 aliphatic heterocycles. The summed E-state index contributed by atoms with van der Waals surface area (Å²) in [5.74, 6) is -0.223. The number of halogens is 1. The molecule has 2 aromatic carbocycles. The maximum absolute atomic E-state index is 13.2. The third-order valence-corrected chi connectivity index (χ3v) is 4.87. The van der Waals surface area contributed by atoms with Gasteiger partial charge in [-0.15, -0.1) is 0 Å². The Morgan fingerprint density at radius 3 is 2.61 bits per heavy atom. The van der Waals surface area contributed by atoms with Gasteiger partial charge in [0.15, 0.2) is 0 Å². The minimum absolute atomic E-state index is 0.180. The van der Waals surface area contributed by atoms with Crippen molar-refractivity contribution in [3.63, 3.8) is 0 Å².